The quantitative estimate of drug-likeness (QED) is 0.721. The third-order valence-electron chi connectivity index (χ3n) is 3.58. The maximum atomic E-state index is 4.89. The van der Waals surface area contributed by atoms with E-state index in [9.17, 15) is 0 Å². The van der Waals surface area contributed by atoms with Crippen molar-refractivity contribution < 1.29 is 4.52 Å². The van der Waals surface area contributed by atoms with E-state index in [1.807, 2.05) is 43.7 Å². The summed E-state index contributed by atoms with van der Waals surface area (Å²) in [7, 11) is 2.03. The summed E-state index contributed by atoms with van der Waals surface area (Å²) >= 11 is 0. The molecule has 3 aromatic rings. The largest absolute Gasteiger partial charge is 0.364 e. The fraction of sp³-hybridized carbons (Fsp3) is 0.250. The summed E-state index contributed by atoms with van der Waals surface area (Å²) < 4.78 is 4.89. The zero-order valence-electron chi connectivity index (χ0n) is 12.5. The van der Waals surface area contributed by atoms with Gasteiger partial charge < -0.3 is 4.52 Å². The van der Waals surface area contributed by atoms with Crippen molar-refractivity contribution in [2.75, 3.05) is 7.05 Å². The number of rotatable bonds is 5. The van der Waals surface area contributed by atoms with Crippen LogP contribution >= 0.6 is 0 Å². The normalized spacial score (nSPS) is 12.5. The number of aromatic nitrogens is 4. The Morgan fingerprint density at radius 3 is 2.59 bits per heavy atom. The first-order valence-electron chi connectivity index (χ1n) is 7.07. The van der Waals surface area contributed by atoms with Crippen molar-refractivity contribution >= 4 is 0 Å². The van der Waals surface area contributed by atoms with Crippen molar-refractivity contribution in [3.05, 3.63) is 60.4 Å². The van der Waals surface area contributed by atoms with Gasteiger partial charge in [-0.15, -0.1) is 0 Å². The smallest absolute Gasteiger partial charge is 0.178 e. The van der Waals surface area contributed by atoms with E-state index in [1.165, 1.54) is 0 Å². The molecule has 3 rings (SSSR count). The van der Waals surface area contributed by atoms with Crippen LogP contribution in [0.4, 0.5) is 0 Å². The molecule has 0 saturated heterocycles. The maximum absolute atomic E-state index is 4.89. The van der Waals surface area contributed by atoms with Gasteiger partial charge in [0.2, 0.25) is 0 Å². The predicted octanol–water partition coefficient (Wildman–Crippen LogP) is 2.72. The predicted molar refractivity (Wildman–Crippen MR) is 81.6 cm³/mol. The van der Waals surface area contributed by atoms with Crippen molar-refractivity contribution in [3.63, 3.8) is 0 Å². The van der Waals surface area contributed by atoms with Crippen LogP contribution in [-0.4, -0.2) is 32.1 Å². The van der Waals surface area contributed by atoms with E-state index in [1.54, 1.807) is 12.5 Å². The third-order valence-corrected chi connectivity index (χ3v) is 3.58. The Bertz CT molecular complexity index is 697. The lowest BCUT2D eigenvalue weighted by Crippen LogP contribution is -2.22. The summed E-state index contributed by atoms with van der Waals surface area (Å²) in [6.45, 7) is 2.82. The first-order chi connectivity index (χ1) is 10.7. The highest BCUT2D eigenvalue weighted by molar-refractivity contribution is 5.47. The number of hydrogen-bond acceptors (Lipinski definition) is 6. The van der Waals surface area contributed by atoms with E-state index in [2.05, 4.69) is 31.9 Å². The molecule has 3 aromatic heterocycles. The van der Waals surface area contributed by atoms with Crippen molar-refractivity contribution in [3.8, 4) is 11.5 Å². The van der Waals surface area contributed by atoms with E-state index in [4.69, 9.17) is 4.52 Å². The van der Waals surface area contributed by atoms with Gasteiger partial charge in [0.05, 0.1) is 6.04 Å². The summed E-state index contributed by atoms with van der Waals surface area (Å²) in [5.41, 5.74) is 2.73. The lowest BCUT2D eigenvalue weighted by atomic mass is 10.2. The monoisotopic (exact) mass is 295 g/mol. The first kappa shape index (κ1) is 14.3. The maximum Gasteiger partial charge on any atom is 0.178 e. The molecule has 0 aliphatic heterocycles. The molecular formula is C16H17N5O. The van der Waals surface area contributed by atoms with Gasteiger partial charge in [0.1, 0.15) is 17.7 Å². The highest BCUT2D eigenvalue weighted by atomic mass is 16.5. The van der Waals surface area contributed by atoms with E-state index >= 15 is 0 Å². The van der Waals surface area contributed by atoms with Gasteiger partial charge in [-0.25, -0.2) is 9.97 Å². The Morgan fingerprint density at radius 1 is 1.14 bits per heavy atom. The van der Waals surface area contributed by atoms with Crippen LogP contribution in [0.15, 0.2) is 53.6 Å². The molecule has 1 atom stereocenters. The molecule has 0 aliphatic carbocycles. The minimum Gasteiger partial charge on any atom is -0.364 e. The van der Waals surface area contributed by atoms with Gasteiger partial charge in [-0.05, 0) is 26.1 Å². The highest BCUT2D eigenvalue weighted by Gasteiger charge is 2.15. The van der Waals surface area contributed by atoms with Crippen LogP contribution in [0.2, 0.25) is 0 Å². The molecular weight excluding hydrogens is 278 g/mol. The Balaban J connectivity index is 1.68. The summed E-state index contributed by atoms with van der Waals surface area (Å²) in [5.74, 6) is 0.636. The SMILES string of the molecule is CC(c1ccon1)N(C)Cc1cnc(-c2ccccn2)nc1. The van der Waals surface area contributed by atoms with Gasteiger partial charge in [-0.2, -0.15) is 0 Å². The van der Waals surface area contributed by atoms with Crippen molar-refractivity contribution in [2.45, 2.75) is 19.5 Å². The van der Waals surface area contributed by atoms with Gasteiger partial charge in [0.25, 0.3) is 0 Å². The molecule has 6 nitrogen and oxygen atoms in total. The molecule has 0 radical (unpaired) electrons. The van der Waals surface area contributed by atoms with E-state index in [0.29, 0.717) is 5.82 Å². The first-order valence-corrected chi connectivity index (χ1v) is 7.07. The molecule has 0 fully saturated rings. The van der Waals surface area contributed by atoms with Crippen LogP contribution in [-0.2, 0) is 6.54 Å². The fourth-order valence-electron chi connectivity index (χ4n) is 2.15. The second kappa shape index (κ2) is 6.44. The zero-order valence-corrected chi connectivity index (χ0v) is 12.5. The summed E-state index contributed by atoms with van der Waals surface area (Å²) in [6, 6.07) is 7.73. The van der Waals surface area contributed by atoms with Crippen LogP contribution in [0.3, 0.4) is 0 Å². The molecule has 0 saturated carbocycles. The molecule has 6 heteroatoms. The van der Waals surface area contributed by atoms with Crippen LogP contribution in [0.5, 0.6) is 0 Å². The average Bonchev–Trinajstić information content (AvgIpc) is 3.10. The molecule has 0 N–H and O–H groups in total. The summed E-state index contributed by atoms with van der Waals surface area (Å²) in [5, 5.41) is 3.98. The zero-order chi connectivity index (χ0) is 15.4. The van der Waals surface area contributed by atoms with E-state index in [0.717, 1.165) is 23.5 Å². The second-order valence-corrected chi connectivity index (χ2v) is 5.15. The second-order valence-electron chi connectivity index (χ2n) is 5.15. The molecule has 0 amide bonds. The third kappa shape index (κ3) is 3.17. The van der Waals surface area contributed by atoms with Crippen molar-refractivity contribution in [2.24, 2.45) is 0 Å². The molecule has 0 aromatic carbocycles. The molecule has 0 aliphatic rings. The number of nitrogens with zero attached hydrogens (tertiary/aromatic N) is 5. The summed E-state index contributed by atoms with van der Waals surface area (Å²) in [6.07, 6.45) is 7.00. The van der Waals surface area contributed by atoms with Crippen LogP contribution < -0.4 is 0 Å². The lowest BCUT2D eigenvalue weighted by Gasteiger charge is -2.22. The standard InChI is InChI=1S/C16H17N5O/c1-12(14-6-8-22-20-14)21(2)11-13-9-18-16(19-10-13)15-5-3-4-7-17-15/h3-10,12H,11H2,1-2H3. The van der Waals surface area contributed by atoms with Crippen molar-refractivity contribution in [1.82, 2.24) is 25.0 Å². The Kier molecular flexibility index (Phi) is 4.20. The molecule has 0 bridgehead atoms. The van der Waals surface area contributed by atoms with Crippen LogP contribution in [0.25, 0.3) is 11.5 Å². The highest BCUT2D eigenvalue weighted by Crippen LogP contribution is 2.19. The molecule has 112 valence electrons. The molecule has 0 spiro atoms. The minimum absolute atomic E-state index is 0.161. The van der Waals surface area contributed by atoms with E-state index < -0.39 is 0 Å². The minimum atomic E-state index is 0.161. The summed E-state index contributed by atoms with van der Waals surface area (Å²) in [4.78, 5) is 15.2. The van der Waals surface area contributed by atoms with Gasteiger partial charge >= 0.3 is 0 Å². The van der Waals surface area contributed by atoms with Gasteiger partial charge in [0, 0.05) is 36.8 Å². The Morgan fingerprint density at radius 2 is 1.95 bits per heavy atom. The molecule has 1 unspecified atom stereocenters. The molecule has 22 heavy (non-hydrogen) atoms. The average molecular weight is 295 g/mol. The Labute approximate surface area is 128 Å². The van der Waals surface area contributed by atoms with Gasteiger partial charge in [-0.3, -0.25) is 9.88 Å². The lowest BCUT2D eigenvalue weighted by molar-refractivity contribution is 0.240. The van der Waals surface area contributed by atoms with Crippen LogP contribution in [0.1, 0.15) is 24.2 Å². The number of hydrogen-bond donors (Lipinski definition) is 0. The van der Waals surface area contributed by atoms with Gasteiger partial charge in [0.15, 0.2) is 5.82 Å². The van der Waals surface area contributed by atoms with Crippen LogP contribution in [0, 0.1) is 0 Å². The Hall–Kier alpha value is -2.60. The fourth-order valence-corrected chi connectivity index (χ4v) is 2.15. The number of pyridine rings is 1. The topological polar surface area (TPSA) is 67.9 Å². The van der Waals surface area contributed by atoms with Gasteiger partial charge in [-0.1, -0.05) is 11.2 Å². The van der Waals surface area contributed by atoms with Crippen molar-refractivity contribution in [1.29, 1.82) is 0 Å². The van der Waals surface area contributed by atoms with E-state index in [-0.39, 0.29) is 6.04 Å². The molecule has 3 heterocycles.